The van der Waals surface area contributed by atoms with Gasteiger partial charge in [-0.25, -0.2) is 0 Å². The topological polar surface area (TPSA) is 72.2 Å². The summed E-state index contributed by atoms with van der Waals surface area (Å²) in [5.74, 6) is 0. The van der Waals surface area contributed by atoms with Gasteiger partial charge in [0.2, 0.25) is 0 Å². The second kappa shape index (κ2) is 5.00. The molecule has 104 valence electrons. The van der Waals surface area contributed by atoms with Crippen molar-refractivity contribution >= 4 is 19.0 Å². The number of carbonyl (C=O) groups excluding carboxylic acids is 1. The first-order chi connectivity index (χ1) is 9.32. The SMILES string of the molecule is CC1(C)OB(c2nccc(CC=O)c2C#N)OC1(C)C. The Morgan fingerprint density at radius 2 is 1.95 bits per heavy atom. The lowest BCUT2D eigenvalue weighted by Crippen LogP contribution is -2.41. The number of aromatic nitrogens is 1. The highest BCUT2D eigenvalue weighted by molar-refractivity contribution is 6.61. The van der Waals surface area contributed by atoms with Gasteiger partial charge in [-0.15, -0.1) is 0 Å². The molecule has 2 heterocycles. The zero-order valence-corrected chi connectivity index (χ0v) is 12.1. The van der Waals surface area contributed by atoms with Gasteiger partial charge in [-0.05, 0) is 39.3 Å². The van der Waals surface area contributed by atoms with Crippen LogP contribution in [-0.2, 0) is 20.5 Å². The van der Waals surface area contributed by atoms with Crippen LogP contribution in [0.5, 0.6) is 0 Å². The van der Waals surface area contributed by atoms with E-state index < -0.39 is 18.3 Å². The molecule has 0 aliphatic carbocycles. The van der Waals surface area contributed by atoms with Crippen LogP contribution >= 0.6 is 0 Å². The molecule has 0 saturated carbocycles. The zero-order valence-electron chi connectivity index (χ0n) is 12.1. The van der Waals surface area contributed by atoms with Crippen LogP contribution in [0.4, 0.5) is 0 Å². The standard InChI is InChI=1S/C14H17BN2O3/c1-13(2)14(3,4)20-15(19-13)12-11(9-16)10(6-8-18)5-7-17-12/h5,7-8H,6H2,1-4H3. The Bertz CT molecular complexity index is 562. The van der Waals surface area contributed by atoms with Gasteiger partial charge < -0.3 is 14.1 Å². The molecule has 0 N–H and O–H groups in total. The van der Waals surface area contributed by atoms with Crippen molar-refractivity contribution in [1.29, 1.82) is 5.26 Å². The fourth-order valence-electron chi connectivity index (χ4n) is 2.04. The molecular formula is C14H17BN2O3. The van der Waals surface area contributed by atoms with E-state index in [-0.39, 0.29) is 6.42 Å². The van der Waals surface area contributed by atoms with E-state index in [4.69, 9.17) is 9.31 Å². The molecule has 0 bridgehead atoms. The Kier molecular flexibility index (Phi) is 3.68. The number of pyridine rings is 1. The van der Waals surface area contributed by atoms with E-state index in [1.807, 2.05) is 27.7 Å². The number of nitriles is 1. The van der Waals surface area contributed by atoms with E-state index in [2.05, 4.69) is 11.1 Å². The molecule has 1 fully saturated rings. The summed E-state index contributed by atoms with van der Waals surface area (Å²) >= 11 is 0. The summed E-state index contributed by atoms with van der Waals surface area (Å²) in [6.07, 6.45) is 2.52. The van der Waals surface area contributed by atoms with Gasteiger partial charge in [0.15, 0.2) is 0 Å². The second-order valence-electron chi connectivity index (χ2n) is 5.80. The molecule has 1 aromatic rings. The van der Waals surface area contributed by atoms with E-state index in [1.54, 1.807) is 12.3 Å². The maximum atomic E-state index is 10.7. The van der Waals surface area contributed by atoms with Crippen LogP contribution in [0.1, 0.15) is 38.8 Å². The third kappa shape index (κ3) is 2.35. The summed E-state index contributed by atoms with van der Waals surface area (Å²) in [6.45, 7) is 7.76. The van der Waals surface area contributed by atoms with Gasteiger partial charge in [0.05, 0.1) is 22.4 Å². The third-order valence-corrected chi connectivity index (χ3v) is 3.96. The Balaban J connectivity index is 2.43. The number of nitrogens with zero attached hydrogens (tertiary/aromatic N) is 2. The molecule has 1 aliphatic rings. The molecule has 0 radical (unpaired) electrons. The molecule has 0 spiro atoms. The summed E-state index contributed by atoms with van der Waals surface area (Å²) in [7, 11) is -0.693. The Hall–Kier alpha value is -1.71. The molecule has 20 heavy (non-hydrogen) atoms. The second-order valence-corrected chi connectivity index (χ2v) is 5.80. The fraction of sp³-hybridized carbons (Fsp3) is 0.500. The molecule has 0 unspecified atom stereocenters. The molecule has 0 aromatic carbocycles. The lowest BCUT2D eigenvalue weighted by atomic mass is 9.79. The van der Waals surface area contributed by atoms with Crippen molar-refractivity contribution in [3.63, 3.8) is 0 Å². The minimum absolute atomic E-state index is 0.178. The number of carbonyl (C=O) groups is 1. The highest BCUT2D eigenvalue weighted by Crippen LogP contribution is 2.36. The van der Waals surface area contributed by atoms with Crippen molar-refractivity contribution in [2.45, 2.75) is 45.3 Å². The van der Waals surface area contributed by atoms with Crippen LogP contribution in [0.15, 0.2) is 12.3 Å². The van der Waals surface area contributed by atoms with Crippen LogP contribution in [-0.4, -0.2) is 29.6 Å². The van der Waals surface area contributed by atoms with Crippen molar-refractivity contribution in [2.75, 3.05) is 0 Å². The summed E-state index contributed by atoms with van der Waals surface area (Å²) < 4.78 is 11.8. The molecule has 5 nitrogen and oxygen atoms in total. The molecule has 0 atom stereocenters. The predicted molar refractivity (Wildman–Crippen MR) is 74.4 cm³/mol. The Labute approximate surface area is 119 Å². The smallest absolute Gasteiger partial charge is 0.398 e. The quantitative estimate of drug-likeness (QED) is 0.606. The van der Waals surface area contributed by atoms with Gasteiger partial charge in [0.1, 0.15) is 12.4 Å². The molecule has 1 saturated heterocycles. The minimum Gasteiger partial charge on any atom is -0.398 e. The Morgan fingerprint density at radius 3 is 2.45 bits per heavy atom. The summed E-state index contributed by atoms with van der Waals surface area (Å²) in [6, 6.07) is 3.77. The summed E-state index contributed by atoms with van der Waals surface area (Å²) in [5.41, 5.74) is 0.449. The van der Waals surface area contributed by atoms with Crippen LogP contribution in [0.3, 0.4) is 0 Å². The van der Waals surface area contributed by atoms with Gasteiger partial charge in [-0.2, -0.15) is 5.26 Å². The van der Waals surface area contributed by atoms with E-state index in [0.29, 0.717) is 16.7 Å². The zero-order chi connectivity index (χ0) is 15.0. The normalized spacial score (nSPS) is 19.6. The van der Waals surface area contributed by atoms with Crippen LogP contribution < -0.4 is 5.59 Å². The van der Waals surface area contributed by atoms with Crippen LogP contribution in [0.2, 0.25) is 0 Å². The highest BCUT2D eigenvalue weighted by Gasteiger charge is 2.53. The van der Waals surface area contributed by atoms with E-state index in [9.17, 15) is 10.1 Å². The van der Waals surface area contributed by atoms with Crippen molar-refractivity contribution < 1.29 is 14.1 Å². The van der Waals surface area contributed by atoms with Crippen molar-refractivity contribution in [3.05, 3.63) is 23.4 Å². The lowest BCUT2D eigenvalue weighted by Gasteiger charge is -2.32. The van der Waals surface area contributed by atoms with E-state index >= 15 is 0 Å². The van der Waals surface area contributed by atoms with Crippen LogP contribution in [0, 0.1) is 11.3 Å². The first-order valence-corrected chi connectivity index (χ1v) is 6.49. The maximum absolute atomic E-state index is 10.7. The van der Waals surface area contributed by atoms with Gasteiger partial charge in [-0.3, -0.25) is 4.98 Å². The molecule has 2 rings (SSSR count). The fourth-order valence-corrected chi connectivity index (χ4v) is 2.04. The third-order valence-electron chi connectivity index (χ3n) is 3.96. The van der Waals surface area contributed by atoms with Gasteiger partial charge in [0, 0.05) is 12.6 Å². The molecule has 6 heteroatoms. The highest BCUT2D eigenvalue weighted by atomic mass is 16.7. The minimum atomic E-state index is -0.693. The van der Waals surface area contributed by atoms with Gasteiger partial charge >= 0.3 is 7.12 Å². The number of rotatable bonds is 3. The molecule has 1 aliphatic heterocycles. The number of aldehydes is 1. The average Bonchev–Trinajstić information content (AvgIpc) is 2.58. The van der Waals surface area contributed by atoms with Crippen LogP contribution in [0.25, 0.3) is 0 Å². The monoisotopic (exact) mass is 272 g/mol. The van der Waals surface area contributed by atoms with Crippen molar-refractivity contribution in [1.82, 2.24) is 4.98 Å². The van der Waals surface area contributed by atoms with Gasteiger partial charge in [-0.1, -0.05) is 0 Å². The predicted octanol–water partition coefficient (Wildman–Crippen LogP) is 0.994. The first kappa shape index (κ1) is 14.7. The van der Waals surface area contributed by atoms with Crippen molar-refractivity contribution in [3.8, 4) is 6.07 Å². The number of hydrogen-bond donors (Lipinski definition) is 0. The van der Waals surface area contributed by atoms with E-state index in [1.165, 1.54) is 0 Å². The molecule has 1 aromatic heterocycles. The summed E-state index contributed by atoms with van der Waals surface area (Å²) in [4.78, 5) is 14.9. The van der Waals surface area contributed by atoms with E-state index in [0.717, 1.165) is 6.29 Å². The molecule has 0 amide bonds. The lowest BCUT2D eigenvalue weighted by molar-refractivity contribution is -0.107. The van der Waals surface area contributed by atoms with Gasteiger partial charge in [0.25, 0.3) is 0 Å². The first-order valence-electron chi connectivity index (χ1n) is 6.49. The number of hydrogen-bond acceptors (Lipinski definition) is 5. The maximum Gasteiger partial charge on any atom is 0.515 e. The van der Waals surface area contributed by atoms with Crippen molar-refractivity contribution in [2.24, 2.45) is 0 Å². The Morgan fingerprint density at radius 1 is 1.35 bits per heavy atom. The average molecular weight is 272 g/mol. The largest absolute Gasteiger partial charge is 0.515 e. The summed E-state index contributed by atoms with van der Waals surface area (Å²) in [5, 5.41) is 9.33. The molecular weight excluding hydrogens is 255 g/mol.